The Morgan fingerprint density at radius 1 is 1.57 bits per heavy atom. The van der Waals surface area contributed by atoms with Crippen molar-refractivity contribution in [3.8, 4) is 0 Å². The monoisotopic (exact) mass is 212 g/mol. The highest BCUT2D eigenvalue weighted by Crippen LogP contribution is 2.23. The van der Waals surface area contributed by atoms with E-state index in [9.17, 15) is 0 Å². The minimum Gasteiger partial charge on any atom is -0.393 e. The number of rotatable bonds is 4. The molecule has 0 aliphatic heterocycles. The Morgan fingerprint density at radius 2 is 2.29 bits per heavy atom. The molecule has 0 aromatic carbocycles. The number of aryl methyl sites for hydroxylation is 1. The van der Waals surface area contributed by atoms with Gasteiger partial charge in [-0.25, -0.2) is 9.97 Å². The first-order chi connectivity index (χ1) is 6.69. The Labute approximate surface area is 88.2 Å². The number of nitrogens with two attached hydrogens (primary N) is 1. The molecule has 0 unspecified atom stereocenters. The highest BCUT2D eigenvalue weighted by Gasteiger charge is 2.07. The van der Waals surface area contributed by atoms with Gasteiger partial charge in [0.15, 0.2) is 11.0 Å². The fraction of sp³-hybridized carbons (Fsp3) is 0.333. The van der Waals surface area contributed by atoms with Gasteiger partial charge in [-0.2, -0.15) is 0 Å². The smallest absolute Gasteiger partial charge is 0.157 e. The van der Waals surface area contributed by atoms with Gasteiger partial charge in [-0.3, -0.25) is 0 Å². The molecule has 0 bridgehead atoms. The zero-order valence-electron chi connectivity index (χ0n) is 8.05. The van der Waals surface area contributed by atoms with E-state index in [4.69, 9.17) is 17.3 Å². The fourth-order valence-corrected chi connectivity index (χ4v) is 1.13. The van der Waals surface area contributed by atoms with E-state index in [-0.39, 0.29) is 0 Å². The van der Waals surface area contributed by atoms with E-state index in [0.29, 0.717) is 29.0 Å². The van der Waals surface area contributed by atoms with Crippen molar-refractivity contribution in [2.75, 3.05) is 17.6 Å². The standard InChI is InChI=1S/C9H13ClN4/c1-3-5-12-9-7(11)8(10)13-6(4-2)14-9/h3H,1,4-5,11H2,2H3,(H,12,13,14). The first-order valence-corrected chi connectivity index (χ1v) is 4.73. The summed E-state index contributed by atoms with van der Waals surface area (Å²) in [7, 11) is 0. The Balaban J connectivity index is 3.00. The predicted molar refractivity (Wildman–Crippen MR) is 59.5 cm³/mol. The first kappa shape index (κ1) is 10.8. The van der Waals surface area contributed by atoms with Crippen molar-refractivity contribution in [1.29, 1.82) is 0 Å². The molecule has 5 heteroatoms. The largest absolute Gasteiger partial charge is 0.393 e. The Bertz CT molecular complexity index is 338. The molecule has 1 aromatic heterocycles. The van der Waals surface area contributed by atoms with Crippen LogP contribution in [0, 0.1) is 0 Å². The maximum absolute atomic E-state index is 5.83. The molecule has 0 fully saturated rings. The zero-order valence-corrected chi connectivity index (χ0v) is 8.80. The van der Waals surface area contributed by atoms with Crippen molar-refractivity contribution in [2.24, 2.45) is 0 Å². The maximum Gasteiger partial charge on any atom is 0.157 e. The number of hydrogen-bond donors (Lipinski definition) is 2. The van der Waals surface area contributed by atoms with Crippen LogP contribution in [0.3, 0.4) is 0 Å². The maximum atomic E-state index is 5.83. The zero-order chi connectivity index (χ0) is 10.6. The van der Waals surface area contributed by atoms with E-state index in [1.54, 1.807) is 6.08 Å². The van der Waals surface area contributed by atoms with Crippen LogP contribution in [0.25, 0.3) is 0 Å². The highest BCUT2D eigenvalue weighted by molar-refractivity contribution is 6.32. The third-order valence-corrected chi connectivity index (χ3v) is 1.96. The van der Waals surface area contributed by atoms with E-state index in [2.05, 4.69) is 21.9 Å². The normalized spacial score (nSPS) is 9.86. The van der Waals surface area contributed by atoms with Crippen LogP contribution in [0.15, 0.2) is 12.7 Å². The van der Waals surface area contributed by atoms with Gasteiger partial charge in [0, 0.05) is 13.0 Å². The summed E-state index contributed by atoms with van der Waals surface area (Å²) in [6, 6.07) is 0. The van der Waals surface area contributed by atoms with Gasteiger partial charge >= 0.3 is 0 Å². The first-order valence-electron chi connectivity index (χ1n) is 4.35. The van der Waals surface area contributed by atoms with Gasteiger partial charge in [0.2, 0.25) is 0 Å². The number of aromatic nitrogens is 2. The summed E-state index contributed by atoms with van der Waals surface area (Å²) in [4.78, 5) is 8.23. The quantitative estimate of drug-likeness (QED) is 0.591. The molecule has 14 heavy (non-hydrogen) atoms. The molecule has 0 saturated heterocycles. The van der Waals surface area contributed by atoms with E-state index in [0.717, 1.165) is 6.42 Å². The van der Waals surface area contributed by atoms with Crippen LogP contribution in [-0.4, -0.2) is 16.5 Å². The van der Waals surface area contributed by atoms with Crippen molar-refractivity contribution in [3.63, 3.8) is 0 Å². The van der Waals surface area contributed by atoms with Crippen molar-refractivity contribution < 1.29 is 0 Å². The predicted octanol–water partition coefficient (Wildman–Crippen LogP) is 1.87. The number of nitrogens with zero attached hydrogens (tertiary/aromatic N) is 2. The number of anilines is 2. The topological polar surface area (TPSA) is 63.8 Å². The molecule has 1 rings (SSSR count). The molecule has 1 aromatic rings. The SMILES string of the molecule is C=CCNc1nc(CC)nc(Cl)c1N. The van der Waals surface area contributed by atoms with Crippen LogP contribution in [0.4, 0.5) is 11.5 Å². The summed E-state index contributed by atoms with van der Waals surface area (Å²) in [5.74, 6) is 1.25. The summed E-state index contributed by atoms with van der Waals surface area (Å²) in [6.45, 7) is 6.15. The number of halogens is 1. The third-order valence-electron chi connectivity index (χ3n) is 1.68. The van der Waals surface area contributed by atoms with Crippen molar-refractivity contribution in [3.05, 3.63) is 23.6 Å². The van der Waals surface area contributed by atoms with Crippen LogP contribution in [0.2, 0.25) is 5.15 Å². The molecule has 0 saturated carbocycles. The number of hydrogen-bond acceptors (Lipinski definition) is 4. The summed E-state index contributed by atoms with van der Waals surface area (Å²) < 4.78 is 0. The van der Waals surface area contributed by atoms with Crippen LogP contribution >= 0.6 is 11.6 Å². The molecule has 0 radical (unpaired) electrons. The lowest BCUT2D eigenvalue weighted by Crippen LogP contribution is -2.08. The van der Waals surface area contributed by atoms with Crippen molar-refractivity contribution in [2.45, 2.75) is 13.3 Å². The third kappa shape index (κ3) is 2.35. The molecular weight excluding hydrogens is 200 g/mol. The van der Waals surface area contributed by atoms with Gasteiger partial charge in [-0.1, -0.05) is 24.6 Å². The second kappa shape index (κ2) is 4.81. The summed E-state index contributed by atoms with van der Waals surface area (Å²) in [6.07, 6.45) is 2.45. The minimum absolute atomic E-state index is 0.295. The Hall–Kier alpha value is -1.29. The lowest BCUT2D eigenvalue weighted by Gasteiger charge is -2.08. The average molecular weight is 213 g/mol. The Kier molecular flexibility index (Phi) is 3.71. The molecule has 1 heterocycles. The lowest BCUT2D eigenvalue weighted by atomic mass is 10.4. The van der Waals surface area contributed by atoms with Crippen LogP contribution < -0.4 is 11.1 Å². The van der Waals surface area contributed by atoms with Crippen LogP contribution in [0.5, 0.6) is 0 Å². The molecule has 0 amide bonds. The van der Waals surface area contributed by atoms with E-state index >= 15 is 0 Å². The molecule has 0 aliphatic rings. The van der Waals surface area contributed by atoms with Gasteiger partial charge in [0.1, 0.15) is 11.5 Å². The lowest BCUT2D eigenvalue weighted by molar-refractivity contribution is 0.941. The molecule has 4 nitrogen and oxygen atoms in total. The van der Waals surface area contributed by atoms with Crippen LogP contribution in [-0.2, 0) is 6.42 Å². The molecule has 0 spiro atoms. The number of nitrogen functional groups attached to an aromatic ring is 1. The molecule has 3 N–H and O–H groups in total. The molecule has 0 aliphatic carbocycles. The highest BCUT2D eigenvalue weighted by atomic mass is 35.5. The molecule has 0 atom stereocenters. The fourth-order valence-electron chi connectivity index (χ4n) is 0.947. The van der Waals surface area contributed by atoms with Crippen molar-refractivity contribution >= 4 is 23.1 Å². The Morgan fingerprint density at radius 3 is 2.86 bits per heavy atom. The van der Waals surface area contributed by atoms with Gasteiger partial charge in [-0.15, -0.1) is 6.58 Å². The van der Waals surface area contributed by atoms with Gasteiger partial charge in [0.25, 0.3) is 0 Å². The van der Waals surface area contributed by atoms with Gasteiger partial charge < -0.3 is 11.1 Å². The summed E-state index contributed by atoms with van der Waals surface area (Å²) in [5, 5.41) is 3.29. The second-order valence-electron chi connectivity index (χ2n) is 2.72. The van der Waals surface area contributed by atoms with Crippen LogP contribution in [0.1, 0.15) is 12.7 Å². The van der Waals surface area contributed by atoms with E-state index in [1.807, 2.05) is 6.92 Å². The van der Waals surface area contributed by atoms with Crippen molar-refractivity contribution in [1.82, 2.24) is 9.97 Å². The van der Waals surface area contributed by atoms with Gasteiger partial charge in [0.05, 0.1) is 0 Å². The minimum atomic E-state index is 0.295. The van der Waals surface area contributed by atoms with E-state index in [1.165, 1.54) is 0 Å². The second-order valence-corrected chi connectivity index (χ2v) is 3.07. The summed E-state index contributed by atoms with van der Waals surface area (Å²) >= 11 is 5.83. The summed E-state index contributed by atoms with van der Waals surface area (Å²) in [5.41, 5.74) is 6.07. The molecular formula is C9H13ClN4. The van der Waals surface area contributed by atoms with E-state index < -0.39 is 0 Å². The molecule has 76 valence electrons. The number of nitrogens with one attached hydrogen (secondary N) is 1. The van der Waals surface area contributed by atoms with Gasteiger partial charge in [-0.05, 0) is 0 Å². The average Bonchev–Trinajstić information content (AvgIpc) is 2.20.